The SMILES string of the molecule is CC(C)(C)C(O)CC1NCC2CCCC21. The second-order valence-electron chi connectivity index (χ2n) is 6.49. The number of hydrogen-bond donors (Lipinski definition) is 2. The van der Waals surface area contributed by atoms with Gasteiger partial charge < -0.3 is 10.4 Å². The first-order valence-electron chi connectivity index (χ1n) is 6.40. The summed E-state index contributed by atoms with van der Waals surface area (Å²) in [6.07, 6.45) is 4.94. The quantitative estimate of drug-likeness (QED) is 0.733. The lowest BCUT2D eigenvalue weighted by molar-refractivity contribution is 0.0434. The van der Waals surface area contributed by atoms with Gasteiger partial charge in [0.15, 0.2) is 0 Å². The molecule has 1 heterocycles. The van der Waals surface area contributed by atoms with Crippen LogP contribution in [0.2, 0.25) is 0 Å². The van der Waals surface area contributed by atoms with E-state index in [1.165, 1.54) is 25.8 Å². The summed E-state index contributed by atoms with van der Waals surface area (Å²) in [5, 5.41) is 13.7. The lowest BCUT2D eigenvalue weighted by Gasteiger charge is -2.30. The lowest BCUT2D eigenvalue weighted by atomic mass is 9.82. The average Bonchev–Trinajstić information content (AvgIpc) is 2.67. The molecule has 2 heteroatoms. The third-order valence-corrected chi connectivity index (χ3v) is 4.35. The normalized spacial score (nSPS) is 38.0. The Morgan fingerprint density at radius 1 is 1.33 bits per heavy atom. The summed E-state index contributed by atoms with van der Waals surface area (Å²) in [7, 11) is 0. The smallest absolute Gasteiger partial charge is 0.0603 e. The van der Waals surface area contributed by atoms with Gasteiger partial charge in [-0.25, -0.2) is 0 Å². The predicted octanol–water partition coefficient (Wildman–Crippen LogP) is 2.17. The monoisotopic (exact) mass is 211 g/mol. The molecule has 1 aliphatic carbocycles. The number of aliphatic hydroxyl groups excluding tert-OH is 1. The van der Waals surface area contributed by atoms with Crippen LogP contribution in [0.15, 0.2) is 0 Å². The molecule has 0 amide bonds. The van der Waals surface area contributed by atoms with Crippen molar-refractivity contribution in [2.75, 3.05) is 6.54 Å². The van der Waals surface area contributed by atoms with Gasteiger partial charge in [0.25, 0.3) is 0 Å². The van der Waals surface area contributed by atoms with E-state index in [2.05, 4.69) is 26.1 Å². The van der Waals surface area contributed by atoms with Crippen molar-refractivity contribution in [2.45, 2.75) is 58.6 Å². The van der Waals surface area contributed by atoms with E-state index in [0.29, 0.717) is 6.04 Å². The summed E-state index contributed by atoms with van der Waals surface area (Å²) in [6, 6.07) is 0.576. The maximum absolute atomic E-state index is 10.1. The van der Waals surface area contributed by atoms with Gasteiger partial charge in [-0.05, 0) is 43.1 Å². The standard InChI is InChI=1S/C13H25NO/c1-13(2,3)12(15)7-11-10-6-4-5-9(10)8-14-11/h9-12,14-15H,4-8H2,1-3H3. The molecule has 4 atom stereocenters. The number of aliphatic hydroxyl groups is 1. The summed E-state index contributed by atoms with van der Waals surface area (Å²) in [5.74, 6) is 1.75. The fourth-order valence-corrected chi connectivity index (χ4v) is 3.16. The molecule has 0 spiro atoms. The third kappa shape index (κ3) is 2.36. The minimum atomic E-state index is -0.172. The van der Waals surface area contributed by atoms with E-state index < -0.39 is 0 Å². The molecule has 15 heavy (non-hydrogen) atoms. The van der Waals surface area contributed by atoms with Crippen molar-refractivity contribution in [2.24, 2.45) is 17.3 Å². The van der Waals surface area contributed by atoms with Crippen molar-refractivity contribution in [3.63, 3.8) is 0 Å². The molecule has 0 aromatic carbocycles. The summed E-state index contributed by atoms with van der Waals surface area (Å²) in [5.41, 5.74) is 0.0262. The van der Waals surface area contributed by atoms with Gasteiger partial charge in [-0.2, -0.15) is 0 Å². The number of rotatable bonds is 2. The molecule has 1 aliphatic heterocycles. The number of nitrogens with one attached hydrogen (secondary N) is 1. The van der Waals surface area contributed by atoms with E-state index >= 15 is 0 Å². The fourth-order valence-electron chi connectivity index (χ4n) is 3.16. The van der Waals surface area contributed by atoms with Crippen LogP contribution >= 0.6 is 0 Å². The Balaban J connectivity index is 1.90. The Bertz CT molecular complexity index is 221. The molecule has 2 rings (SSSR count). The Morgan fingerprint density at radius 3 is 2.73 bits per heavy atom. The summed E-state index contributed by atoms with van der Waals surface area (Å²) in [6.45, 7) is 7.56. The van der Waals surface area contributed by atoms with Gasteiger partial charge in [0.1, 0.15) is 0 Å². The second-order valence-corrected chi connectivity index (χ2v) is 6.49. The summed E-state index contributed by atoms with van der Waals surface area (Å²) < 4.78 is 0. The van der Waals surface area contributed by atoms with E-state index in [1.807, 2.05) is 0 Å². The van der Waals surface area contributed by atoms with E-state index in [4.69, 9.17) is 0 Å². The van der Waals surface area contributed by atoms with Crippen LogP contribution in [-0.4, -0.2) is 23.8 Å². The Labute approximate surface area is 93.5 Å². The minimum absolute atomic E-state index is 0.0262. The fraction of sp³-hybridized carbons (Fsp3) is 1.00. The average molecular weight is 211 g/mol. The molecular weight excluding hydrogens is 186 g/mol. The second kappa shape index (κ2) is 4.06. The Morgan fingerprint density at radius 2 is 2.07 bits per heavy atom. The zero-order chi connectivity index (χ0) is 11.1. The van der Waals surface area contributed by atoms with E-state index in [0.717, 1.165) is 18.3 Å². The highest BCUT2D eigenvalue weighted by atomic mass is 16.3. The topological polar surface area (TPSA) is 32.3 Å². The van der Waals surface area contributed by atoms with Crippen LogP contribution in [0.25, 0.3) is 0 Å². The van der Waals surface area contributed by atoms with E-state index in [9.17, 15) is 5.11 Å². The zero-order valence-corrected chi connectivity index (χ0v) is 10.3. The van der Waals surface area contributed by atoms with Gasteiger partial charge in [0.05, 0.1) is 6.10 Å². The van der Waals surface area contributed by atoms with Gasteiger partial charge in [-0.3, -0.25) is 0 Å². The molecule has 0 aromatic heterocycles. The molecular formula is C13H25NO. The first-order chi connectivity index (χ1) is 6.98. The first-order valence-corrected chi connectivity index (χ1v) is 6.40. The van der Waals surface area contributed by atoms with Gasteiger partial charge in [-0.1, -0.05) is 27.2 Å². The molecule has 2 N–H and O–H groups in total. The highest BCUT2D eigenvalue weighted by Crippen LogP contribution is 2.40. The van der Waals surface area contributed by atoms with Crippen molar-refractivity contribution in [1.29, 1.82) is 0 Å². The van der Waals surface area contributed by atoms with Crippen molar-refractivity contribution in [3.05, 3.63) is 0 Å². The van der Waals surface area contributed by atoms with Crippen molar-refractivity contribution >= 4 is 0 Å². The number of hydrogen-bond acceptors (Lipinski definition) is 2. The molecule has 2 nitrogen and oxygen atoms in total. The van der Waals surface area contributed by atoms with Crippen LogP contribution in [0.1, 0.15) is 46.5 Å². The van der Waals surface area contributed by atoms with Gasteiger partial charge >= 0.3 is 0 Å². The summed E-state index contributed by atoms with van der Waals surface area (Å²) in [4.78, 5) is 0. The van der Waals surface area contributed by atoms with Gasteiger partial charge in [0.2, 0.25) is 0 Å². The highest BCUT2D eigenvalue weighted by molar-refractivity contribution is 4.95. The summed E-state index contributed by atoms with van der Waals surface area (Å²) >= 11 is 0. The maximum Gasteiger partial charge on any atom is 0.0603 e. The van der Waals surface area contributed by atoms with Crippen LogP contribution in [0, 0.1) is 17.3 Å². The largest absolute Gasteiger partial charge is 0.393 e. The van der Waals surface area contributed by atoms with Gasteiger partial charge in [0, 0.05) is 6.04 Å². The van der Waals surface area contributed by atoms with Crippen LogP contribution in [0.5, 0.6) is 0 Å². The van der Waals surface area contributed by atoms with E-state index in [-0.39, 0.29) is 11.5 Å². The molecule has 1 saturated heterocycles. The van der Waals surface area contributed by atoms with Crippen molar-refractivity contribution < 1.29 is 5.11 Å². The minimum Gasteiger partial charge on any atom is -0.393 e. The van der Waals surface area contributed by atoms with Crippen LogP contribution in [-0.2, 0) is 0 Å². The van der Waals surface area contributed by atoms with Gasteiger partial charge in [-0.15, -0.1) is 0 Å². The number of fused-ring (bicyclic) bond motifs is 1. The van der Waals surface area contributed by atoms with E-state index in [1.54, 1.807) is 0 Å². The zero-order valence-electron chi connectivity index (χ0n) is 10.3. The molecule has 0 radical (unpaired) electrons. The highest BCUT2D eigenvalue weighted by Gasteiger charge is 2.40. The van der Waals surface area contributed by atoms with Crippen LogP contribution in [0.4, 0.5) is 0 Å². The Kier molecular flexibility index (Phi) is 3.09. The van der Waals surface area contributed by atoms with Crippen molar-refractivity contribution in [1.82, 2.24) is 5.32 Å². The molecule has 2 fully saturated rings. The lowest BCUT2D eigenvalue weighted by Crippen LogP contribution is -2.36. The van der Waals surface area contributed by atoms with Crippen molar-refractivity contribution in [3.8, 4) is 0 Å². The molecule has 0 bridgehead atoms. The maximum atomic E-state index is 10.1. The van der Waals surface area contributed by atoms with Crippen LogP contribution in [0.3, 0.4) is 0 Å². The third-order valence-electron chi connectivity index (χ3n) is 4.35. The molecule has 0 aromatic rings. The first kappa shape index (κ1) is 11.4. The Hall–Kier alpha value is -0.0800. The van der Waals surface area contributed by atoms with Crippen LogP contribution < -0.4 is 5.32 Å². The predicted molar refractivity (Wildman–Crippen MR) is 62.7 cm³/mol. The molecule has 88 valence electrons. The molecule has 4 unspecified atom stereocenters. The molecule has 2 aliphatic rings. The molecule has 1 saturated carbocycles.